The molecule has 1 amide bonds. The standard InChI is InChI=1S/C14H14FNO3S2/c1-9(16-14(17)11-5-6-20-8-11)10-3-4-13(12(15)7-10)21(2,18)19/h3-9H,1-2H3,(H,16,17)/t9-/m1/s1. The Morgan fingerprint density at radius 2 is 2.05 bits per heavy atom. The van der Waals surface area contributed by atoms with E-state index in [0.717, 1.165) is 12.3 Å². The molecule has 1 atom stereocenters. The van der Waals surface area contributed by atoms with Crippen LogP contribution in [0.25, 0.3) is 0 Å². The van der Waals surface area contributed by atoms with Crippen molar-refractivity contribution in [3.05, 3.63) is 52.0 Å². The van der Waals surface area contributed by atoms with E-state index in [1.165, 1.54) is 23.5 Å². The van der Waals surface area contributed by atoms with Gasteiger partial charge in [-0.2, -0.15) is 11.3 Å². The summed E-state index contributed by atoms with van der Waals surface area (Å²) in [5.74, 6) is -1.07. The Bertz CT molecular complexity index is 755. The van der Waals surface area contributed by atoms with Gasteiger partial charge in [0.15, 0.2) is 9.84 Å². The zero-order valence-corrected chi connectivity index (χ0v) is 13.1. The number of hydrogen-bond acceptors (Lipinski definition) is 4. The lowest BCUT2D eigenvalue weighted by Gasteiger charge is -2.14. The van der Waals surface area contributed by atoms with Gasteiger partial charge in [-0.15, -0.1) is 0 Å². The van der Waals surface area contributed by atoms with Gasteiger partial charge in [-0.3, -0.25) is 4.79 Å². The van der Waals surface area contributed by atoms with Gasteiger partial charge in [0.1, 0.15) is 10.7 Å². The van der Waals surface area contributed by atoms with E-state index in [2.05, 4.69) is 5.32 Å². The number of thiophene rings is 1. The molecule has 1 aromatic heterocycles. The topological polar surface area (TPSA) is 63.2 Å². The lowest BCUT2D eigenvalue weighted by molar-refractivity contribution is 0.0940. The van der Waals surface area contributed by atoms with Crippen LogP contribution in [-0.2, 0) is 9.84 Å². The molecule has 0 aliphatic heterocycles. The highest BCUT2D eigenvalue weighted by Crippen LogP contribution is 2.20. The molecule has 1 aromatic carbocycles. The molecule has 0 bridgehead atoms. The minimum absolute atomic E-state index is 0.253. The average Bonchev–Trinajstić information content (AvgIpc) is 2.90. The van der Waals surface area contributed by atoms with Crippen LogP contribution >= 0.6 is 11.3 Å². The fourth-order valence-corrected chi connectivity index (χ4v) is 3.21. The van der Waals surface area contributed by atoms with Crippen LogP contribution in [0.5, 0.6) is 0 Å². The van der Waals surface area contributed by atoms with Gasteiger partial charge in [0.05, 0.1) is 11.6 Å². The molecule has 21 heavy (non-hydrogen) atoms. The van der Waals surface area contributed by atoms with Crippen LogP contribution in [0.15, 0.2) is 39.9 Å². The van der Waals surface area contributed by atoms with Gasteiger partial charge >= 0.3 is 0 Å². The Hall–Kier alpha value is -1.73. The van der Waals surface area contributed by atoms with Crippen LogP contribution in [0.2, 0.25) is 0 Å². The third-order valence-corrected chi connectivity index (χ3v) is 4.80. The van der Waals surface area contributed by atoms with Crippen LogP contribution in [0.1, 0.15) is 28.9 Å². The maximum absolute atomic E-state index is 13.8. The largest absolute Gasteiger partial charge is 0.345 e. The molecule has 0 radical (unpaired) electrons. The van der Waals surface area contributed by atoms with Gasteiger partial charge < -0.3 is 5.32 Å². The second-order valence-corrected chi connectivity index (χ2v) is 7.43. The van der Waals surface area contributed by atoms with Crippen LogP contribution < -0.4 is 5.32 Å². The second kappa shape index (κ2) is 5.95. The van der Waals surface area contributed by atoms with E-state index in [0.29, 0.717) is 11.1 Å². The SMILES string of the molecule is C[C@@H](NC(=O)c1ccsc1)c1ccc(S(C)(=O)=O)c(F)c1. The Morgan fingerprint density at radius 1 is 1.33 bits per heavy atom. The second-order valence-electron chi connectivity index (χ2n) is 4.67. The number of amides is 1. The van der Waals surface area contributed by atoms with Gasteiger partial charge in [-0.25, -0.2) is 12.8 Å². The Balaban J connectivity index is 2.19. The van der Waals surface area contributed by atoms with Crippen LogP contribution in [-0.4, -0.2) is 20.6 Å². The number of carbonyl (C=O) groups is 1. The van der Waals surface area contributed by atoms with Crippen molar-refractivity contribution in [2.75, 3.05) is 6.26 Å². The van der Waals surface area contributed by atoms with Gasteiger partial charge in [0.2, 0.25) is 0 Å². The first-order valence-corrected chi connectivity index (χ1v) is 8.95. The molecule has 2 aromatic rings. The Morgan fingerprint density at radius 3 is 2.57 bits per heavy atom. The lowest BCUT2D eigenvalue weighted by atomic mass is 10.1. The first-order valence-electron chi connectivity index (χ1n) is 6.11. The summed E-state index contributed by atoms with van der Waals surface area (Å²) in [7, 11) is -3.60. The van der Waals surface area contributed by atoms with Gasteiger partial charge in [-0.05, 0) is 36.1 Å². The molecule has 0 aliphatic rings. The van der Waals surface area contributed by atoms with Gasteiger partial charge in [-0.1, -0.05) is 6.07 Å². The molecule has 4 nitrogen and oxygen atoms in total. The average molecular weight is 327 g/mol. The molecule has 0 fully saturated rings. The predicted molar refractivity (Wildman–Crippen MR) is 79.7 cm³/mol. The van der Waals surface area contributed by atoms with Crippen molar-refractivity contribution in [1.82, 2.24) is 5.32 Å². The summed E-state index contributed by atoms with van der Waals surface area (Å²) in [6.45, 7) is 1.71. The van der Waals surface area contributed by atoms with Crippen molar-refractivity contribution in [1.29, 1.82) is 0 Å². The molecule has 0 spiro atoms. The molecule has 7 heteroatoms. The van der Waals surface area contributed by atoms with Crippen LogP contribution in [0.4, 0.5) is 4.39 Å². The number of carbonyl (C=O) groups excluding carboxylic acids is 1. The van der Waals surface area contributed by atoms with E-state index in [1.807, 2.05) is 0 Å². The fourth-order valence-electron chi connectivity index (χ4n) is 1.84. The number of hydrogen-bond donors (Lipinski definition) is 1. The highest BCUT2D eigenvalue weighted by atomic mass is 32.2. The summed E-state index contributed by atoms with van der Waals surface area (Å²) in [6, 6.07) is 5.11. The zero-order valence-electron chi connectivity index (χ0n) is 11.5. The molecular weight excluding hydrogens is 313 g/mol. The minimum atomic E-state index is -3.60. The van der Waals surface area contributed by atoms with Crippen LogP contribution in [0, 0.1) is 5.82 Å². The number of benzene rings is 1. The van der Waals surface area contributed by atoms with Crippen molar-refractivity contribution in [3.8, 4) is 0 Å². The van der Waals surface area contributed by atoms with Crippen LogP contribution in [0.3, 0.4) is 0 Å². The number of nitrogens with one attached hydrogen (secondary N) is 1. The maximum Gasteiger partial charge on any atom is 0.252 e. The molecular formula is C14H14FNO3S2. The van der Waals surface area contributed by atoms with E-state index in [9.17, 15) is 17.6 Å². The summed E-state index contributed by atoms with van der Waals surface area (Å²) in [6.07, 6.45) is 0.951. The van der Waals surface area contributed by atoms with Crippen molar-refractivity contribution >= 4 is 27.1 Å². The Labute approximate surface area is 126 Å². The predicted octanol–water partition coefficient (Wildman–Crippen LogP) is 2.78. The van der Waals surface area contributed by atoms with Crippen molar-refractivity contribution in [3.63, 3.8) is 0 Å². The van der Waals surface area contributed by atoms with E-state index >= 15 is 0 Å². The molecule has 0 saturated heterocycles. The molecule has 112 valence electrons. The molecule has 1 N–H and O–H groups in total. The molecule has 2 rings (SSSR count). The van der Waals surface area contributed by atoms with Crippen molar-refractivity contribution in [2.24, 2.45) is 0 Å². The summed E-state index contributed by atoms with van der Waals surface area (Å²) >= 11 is 1.41. The summed E-state index contributed by atoms with van der Waals surface area (Å²) in [4.78, 5) is 11.6. The number of halogens is 1. The molecule has 0 unspecified atom stereocenters. The summed E-state index contributed by atoms with van der Waals surface area (Å²) < 4.78 is 36.5. The summed E-state index contributed by atoms with van der Waals surface area (Å²) in [5, 5.41) is 6.25. The quantitative estimate of drug-likeness (QED) is 0.939. The normalized spacial score (nSPS) is 12.9. The fraction of sp³-hybridized carbons (Fsp3) is 0.214. The van der Waals surface area contributed by atoms with E-state index < -0.39 is 21.7 Å². The number of sulfone groups is 1. The first kappa shape index (κ1) is 15.7. The molecule has 1 heterocycles. The third kappa shape index (κ3) is 3.68. The van der Waals surface area contributed by atoms with E-state index in [-0.39, 0.29) is 10.8 Å². The molecule has 0 saturated carbocycles. The van der Waals surface area contributed by atoms with Crippen molar-refractivity contribution in [2.45, 2.75) is 17.9 Å². The smallest absolute Gasteiger partial charge is 0.252 e. The Kier molecular flexibility index (Phi) is 4.43. The van der Waals surface area contributed by atoms with E-state index in [1.54, 1.807) is 23.8 Å². The first-order chi connectivity index (χ1) is 9.79. The summed E-state index contributed by atoms with van der Waals surface area (Å²) in [5.41, 5.74) is 1.04. The molecule has 0 aliphatic carbocycles. The highest BCUT2D eigenvalue weighted by molar-refractivity contribution is 7.90. The zero-order chi connectivity index (χ0) is 15.6. The highest BCUT2D eigenvalue weighted by Gasteiger charge is 2.17. The van der Waals surface area contributed by atoms with Gasteiger partial charge in [0, 0.05) is 11.6 Å². The maximum atomic E-state index is 13.8. The lowest BCUT2D eigenvalue weighted by Crippen LogP contribution is -2.26. The third-order valence-electron chi connectivity index (χ3n) is 2.99. The number of rotatable bonds is 4. The van der Waals surface area contributed by atoms with Gasteiger partial charge in [0.25, 0.3) is 5.91 Å². The minimum Gasteiger partial charge on any atom is -0.345 e. The van der Waals surface area contributed by atoms with Crippen molar-refractivity contribution < 1.29 is 17.6 Å². The monoisotopic (exact) mass is 327 g/mol. The van der Waals surface area contributed by atoms with E-state index in [4.69, 9.17) is 0 Å².